The van der Waals surface area contributed by atoms with E-state index in [1.165, 1.54) is 0 Å². The maximum Gasteiger partial charge on any atom is 0.185 e. The lowest BCUT2D eigenvalue weighted by atomic mass is 10.2. The van der Waals surface area contributed by atoms with Gasteiger partial charge in [-0.25, -0.2) is 4.98 Å². The van der Waals surface area contributed by atoms with Crippen molar-refractivity contribution in [2.24, 2.45) is 0 Å². The molecule has 1 aliphatic heterocycles. The van der Waals surface area contributed by atoms with Crippen LogP contribution in [0, 0.1) is 0 Å². The fraction of sp³-hybridized carbons (Fsp3) is 0.600. The van der Waals surface area contributed by atoms with Gasteiger partial charge in [0.05, 0.1) is 18.8 Å². The van der Waals surface area contributed by atoms with Gasteiger partial charge < -0.3 is 9.30 Å². The second kappa shape index (κ2) is 3.92. The minimum Gasteiger partial charge on any atom is -0.373 e. The van der Waals surface area contributed by atoms with Crippen LogP contribution in [0.15, 0.2) is 12.4 Å². The molecule has 1 aliphatic rings. The van der Waals surface area contributed by atoms with E-state index >= 15 is 0 Å². The number of carbonyl (C=O) groups excluding carboxylic acids is 1. The van der Waals surface area contributed by atoms with E-state index in [9.17, 15) is 4.79 Å². The Balaban J connectivity index is 2.00. The second-order valence-corrected chi connectivity index (χ2v) is 3.70. The molecule has 2 unspecified atom stereocenters. The van der Waals surface area contributed by atoms with Gasteiger partial charge in [0.25, 0.3) is 0 Å². The third-order valence-corrected chi connectivity index (χ3v) is 2.57. The second-order valence-electron chi connectivity index (χ2n) is 3.70. The first-order valence-corrected chi connectivity index (χ1v) is 4.91. The van der Waals surface area contributed by atoms with Crippen LogP contribution >= 0.6 is 0 Å². The van der Waals surface area contributed by atoms with Gasteiger partial charge in [-0.05, 0) is 19.8 Å². The highest BCUT2D eigenvalue weighted by Gasteiger charge is 2.22. The smallest absolute Gasteiger partial charge is 0.185 e. The van der Waals surface area contributed by atoms with E-state index in [-0.39, 0.29) is 6.10 Å². The number of nitrogens with zero attached hydrogens (tertiary/aromatic N) is 2. The van der Waals surface area contributed by atoms with Gasteiger partial charge >= 0.3 is 0 Å². The first-order chi connectivity index (χ1) is 6.79. The summed E-state index contributed by atoms with van der Waals surface area (Å²) in [6.45, 7) is 2.81. The lowest BCUT2D eigenvalue weighted by Gasteiger charge is -2.12. The van der Waals surface area contributed by atoms with E-state index in [2.05, 4.69) is 11.9 Å². The fourth-order valence-corrected chi connectivity index (χ4v) is 1.83. The predicted octanol–water partition coefficient (Wildman–Crippen LogP) is 1.26. The molecule has 0 saturated carbocycles. The van der Waals surface area contributed by atoms with Crippen molar-refractivity contribution in [3.63, 3.8) is 0 Å². The van der Waals surface area contributed by atoms with Crippen molar-refractivity contribution in [3.05, 3.63) is 18.2 Å². The summed E-state index contributed by atoms with van der Waals surface area (Å²) in [5.41, 5.74) is 0. The van der Waals surface area contributed by atoms with Crippen LogP contribution in [0.4, 0.5) is 0 Å². The molecule has 14 heavy (non-hydrogen) atoms. The lowest BCUT2D eigenvalue weighted by molar-refractivity contribution is 0.0454. The van der Waals surface area contributed by atoms with E-state index in [4.69, 9.17) is 4.74 Å². The SMILES string of the molecule is CC1CCC(Cn2ccnc2C=O)O1. The number of imidazole rings is 1. The molecule has 2 rings (SSSR count). The van der Waals surface area contributed by atoms with Gasteiger partial charge in [-0.1, -0.05) is 0 Å². The van der Waals surface area contributed by atoms with Gasteiger partial charge in [0.2, 0.25) is 0 Å². The Morgan fingerprint density at radius 2 is 2.57 bits per heavy atom. The molecule has 0 spiro atoms. The van der Waals surface area contributed by atoms with Crippen LogP contribution in [0.2, 0.25) is 0 Å². The molecule has 4 heteroatoms. The molecule has 1 aromatic rings. The van der Waals surface area contributed by atoms with Gasteiger partial charge in [0.1, 0.15) is 0 Å². The highest BCUT2D eigenvalue weighted by atomic mass is 16.5. The Labute approximate surface area is 82.9 Å². The number of aromatic nitrogens is 2. The van der Waals surface area contributed by atoms with Crippen LogP contribution in [-0.2, 0) is 11.3 Å². The third-order valence-electron chi connectivity index (χ3n) is 2.57. The monoisotopic (exact) mass is 194 g/mol. The number of carbonyl (C=O) groups is 1. The van der Waals surface area contributed by atoms with Gasteiger partial charge in [0.15, 0.2) is 12.1 Å². The van der Waals surface area contributed by atoms with E-state index in [1.54, 1.807) is 6.20 Å². The van der Waals surface area contributed by atoms with E-state index in [0.29, 0.717) is 11.9 Å². The van der Waals surface area contributed by atoms with Crippen LogP contribution in [-0.4, -0.2) is 28.0 Å². The summed E-state index contributed by atoms with van der Waals surface area (Å²) in [5.74, 6) is 0.480. The van der Waals surface area contributed by atoms with Crippen molar-refractivity contribution in [1.82, 2.24) is 9.55 Å². The molecule has 76 valence electrons. The topological polar surface area (TPSA) is 44.1 Å². The van der Waals surface area contributed by atoms with Crippen molar-refractivity contribution in [1.29, 1.82) is 0 Å². The quantitative estimate of drug-likeness (QED) is 0.680. The minimum absolute atomic E-state index is 0.234. The summed E-state index contributed by atoms with van der Waals surface area (Å²) in [6.07, 6.45) is 6.99. The highest BCUT2D eigenvalue weighted by Crippen LogP contribution is 2.20. The van der Waals surface area contributed by atoms with Crippen molar-refractivity contribution in [2.75, 3.05) is 0 Å². The molecular weight excluding hydrogens is 180 g/mol. The van der Waals surface area contributed by atoms with E-state index < -0.39 is 0 Å². The zero-order valence-corrected chi connectivity index (χ0v) is 8.22. The molecule has 0 aromatic carbocycles. The summed E-state index contributed by atoms with van der Waals surface area (Å²) < 4.78 is 7.51. The Hall–Kier alpha value is -1.16. The molecule has 0 amide bonds. The molecule has 2 heterocycles. The zero-order chi connectivity index (χ0) is 9.97. The molecule has 0 aliphatic carbocycles. The molecule has 2 atom stereocenters. The Bertz CT molecular complexity index is 322. The first-order valence-electron chi connectivity index (χ1n) is 4.91. The number of rotatable bonds is 3. The van der Waals surface area contributed by atoms with Gasteiger partial charge in [-0.15, -0.1) is 0 Å². The van der Waals surface area contributed by atoms with Gasteiger partial charge in [-0.3, -0.25) is 4.79 Å². The van der Waals surface area contributed by atoms with Crippen LogP contribution in [0.25, 0.3) is 0 Å². The summed E-state index contributed by atoms with van der Waals surface area (Å²) in [5, 5.41) is 0. The Morgan fingerprint density at radius 1 is 1.71 bits per heavy atom. The maximum atomic E-state index is 10.6. The molecule has 1 fully saturated rings. The number of hydrogen-bond donors (Lipinski definition) is 0. The standard InChI is InChI=1S/C10H14N2O2/c1-8-2-3-9(14-8)6-12-5-4-11-10(12)7-13/h4-5,7-9H,2-3,6H2,1H3. The molecule has 0 bridgehead atoms. The van der Waals surface area contributed by atoms with E-state index in [0.717, 1.165) is 25.7 Å². The van der Waals surface area contributed by atoms with Gasteiger partial charge in [-0.2, -0.15) is 0 Å². The number of ether oxygens (including phenoxy) is 1. The minimum atomic E-state index is 0.234. The summed E-state index contributed by atoms with van der Waals surface area (Å²) in [4.78, 5) is 14.5. The molecule has 0 radical (unpaired) electrons. The van der Waals surface area contributed by atoms with Crippen molar-refractivity contribution in [2.45, 2.75) is 38.5 Å². The van der Waals surface area contributed by atoms with Crippen molar-refractivity contribution in [3.8, 4) is 0 Å². The average molecular weight is 194 g/mol. The molecular formula is C10H14N2O2. The molecule has 0 N–H and O–H groups in total. The van der Waals surface area contributed by atoms with Crippen LogP contribution in [0.3, 0.4) is 0 Å². The van der Waals surface area contributed by atoms with Crippen molar-refractivity contribution < 1.29 is 9.53 Å². The zero-order valence-electron chi connectivity index (χ0n) is 8.22. The number of hydrogen-bond acceptors (Lipinski definition) is 3. The Kier molecular flexibility index (Phi) is 2.63. The molecule has 4 nitrogen and oxygen atoms in total. The fourth-order valence-electron chi connectivity index (χ4n) is 1.83. The van der Waals surface area contributed by atoms with Crippen LogP contribution < -0.4 is 0 Å². The summed E-state index contributed by atoms with van der Waals surface area (Å²) in [6, 6.07) is 0. The lowest BCUT2D eigenvalue weighted by Crippen LogP contribution is -2.17. The summed E-state index contributed by atoms with van der Waals surface area (Å²) >= 11 is 0. The normalized spacial score (nSPS) is 26.6. The first kappa shape index (κ1) is 9.40. The number of aldehydes is 1. The Morgan fingerprint density at radius 3 is 3.21 bits per heavy atom. The third kappa shape index (κ3) is 1.85. The summed E-state index contributed by atoms with van der Waals surface area (Å²) in [7, 11) is 0. The average Bonchev–Trinajstić information content (AvgIpc) is 2.76. The molecule has 1 aromatic heterocycles. The largest absolute Gasteiger partial charge is 0.373 e. The van der Waals surface area contributed by atoms with Gasteiger partial charge in [0, 0.05) is 12.4 Å². The maximum absolute atomic E-state index is 10.6. The van der Waals surface area contributed by atoms with Crippen molar-refractivity contribution >= 4 is 6.29 Å². The van der Waals surface area contributed by atoms with Crippen LogP contribution in [0.1, 0.15) is 30.4 Å². The molecule has 1 saturated heterocycles. The van der Waals surface area contributed by atoms with E-state index in [1.807, 2.05) is 10.8 Å². The predicted molar refractivity (Wildman–Crippen MR) is 51.2 cm³/mol. The highest BCUT2D eigenvalue weighted by molar-refractivity contribution is 5.69. The van der Waals surface area contributed by atoms with Crippen LogP contribution in [0.5, 0.6) is 0 Å².